The molecule has 1 heterocycles. The molecule has 0 aliphatic carbocycles. The second-order valence-corrected chi connectivity index (χ2v) is 8.69. The van der Waals surface area contributed by atoms with Crippen molar-refractivity contribution in [2.24, 2.45) is 0 Å². The average molecular weight is 356 g/mol. The lowest BCUT2D eigenvalue weighted by Gasteiger charge is -2.33. The van der Waals surface area contributed by atoms with Crippen LogP contribution >= 0.6 is 0 Å². The Hall–Kier alpha value is -1.31. The van der Waals surface area contributed by atoms with Gasteiger partial charge in [-0.1, -0.05) is 0 Å². The van der Waals surface area contributed by atoms with Crippen LogP contribution in [-0.2, 0) is 9.84 Å². The fraction of sp³-hybridized carbons (Fsp3) is 0.647. The molecule has 0 radical (unpaired) electrons. The van der Waals surface area contributed by atoms with Gasteiger partial charge in [0.15, 0.2) is 9.84 Å². The predicted octanol–water partition coefficient (Wildman–Crippen LogP) is 1.50. The topological polar surface area (TPSA) is 59.1 Å². The number of nitrogens with zero attached hydrogens (tertiary/aromatic N) is 2. The maximum Gasteiger partial charge on any atom is 0.182 e. The zero-order chi connectivity index (χ0) is 17.7. The highest BCUT2D eigenvalue weighted by atomic mass is 32.2. The number of likely N-dealkylation sites (N-methyl/N-ethyl adjacent to an activating group) is 1. The van der Waals surface area contributed by atoms with Gasteiger partial charge in [0.1, 0.15) is 11.5 Å². The minimum atomic E-state index is -3.41. The lowest BCUT2D eigenvalue weighted by atomic mass is 10.1. The van der Waals surface area contributed by atoms with E-state index in [0.29, 0.717) is 24.5 Å². The van der Waals surface area contributed by atoms with Crippen LogP contribution in [0.2, 0.25) is 0 Å². The van der Waals surface area contributed by atoms with Crippen LogP contribution in [0.3, 0.4) is 0 Å². The molecule has 1 fully saturated rings. The fourth-order valence-corrected chi connectivity index (χ4v) is 4.78. The number of hydrogen-bond donors (Lipinski definition) is 0. The van der Waals surface area contributed by atoms with Crippen molar-refractivity contribution in [2.45, 2.75) is 23.0 Å². The Morgan fingerprint density at radius 3 is 2.33 bits per heavy atom. The van der Waals surface area contributed by atoms with E-state index in [-0.39, 0.29) is 10.1 Å². The molecule has 0 bridgehead atoms. The van der Waals surface area contributed by atoms with E-state index in [0.717, 1.165) is 26.1 Å². The van der Waals surface area contributed by atoms with Crippen LogP contribution in [-0.4, -0.2) is 78.0 Å². The van der Waals surface area contributed by atoms with Gasteiger partial charge in [0.05, 0.1) is 24.4 Å². The Kier molecular flexibility index (Phi) is 6.48. The zero-order valence-electron chi connectivity index (χ0n) is 15.0. The lowest BCUT2D eigenvalue weighted by molar-refractivity contribution is 0.208. The van der Waals surface area contributed by atoms with E-state index in [1.807, 2.05) is 14.1 Å². The molecular weight excluding hydrogens is 328 g/mol. The molecule has 0 spiro atoms. The van der Waals surface area contributed by atoms with Crippen molar-refractivity contribution in [3.05, 3.63) is 18.2 Å². The largest absolute Gasteiger partial charge is 0.497 e. The molecule has 6 nitrogen and oxygen atoms in total. The highest BCUT2D eigenvalue weighted by Crippen LogP contribution is 2.30. The lowest BCUT2D eigenvalue weighted by Crippen LogP contribution is -2.44. The summed E-state index contributed by atoms with van der Waals surface area (Å²) in [5, 5.41) is -0.384. The van der Waals surface area contributed by atoms with Crippen molar-refractivity contribution >= 4 is 9.84 Å². The Morgan fingerprint density at radius 2 is 1.79 bits per heavy atom. The van der Waals surface area contributed by atoms with Gasteiger partial charge in [0, 0.05) is 25.7 Å². The minimum absolute atomic E-state index is 0.276. The first-order chi connectivity index (χ1) is 11.4. The highest BCUT2D eigenvalue weighted by Gasteiger charge is 2.32. The van der Waals surface area contributed by atoms with Gasteiger partial charge in [-0.15, -0.1) is 0 Å². The number of likely N-dealkylation sites (tertiary alicyclic amines) is 1. The van der Waals surface area contributed by atoms with Gasteiger partial charge in [-0.05, 0) is 45.6 Å². The number of sulfone groups is 1. The molecule has 0 amide bonds. The number of methoxy groups -OCH3 is 2. The summed E-state index contributed by atoms with van der Waals surface area (Å²) < 4.78 is 36.5. The van der Waals surface area contributed by atoms with Crippen LogP contribution in [0, 0.1) is 0 Å². The monoisotopic (exact) mass is 356 g/mol. The van der Waals surface area contributed by atoms with Crippen molar-refractivity contribution in [3.8, 4) is 11.5 Å². The minimum Gasteiger partial charge on any atom is -0.497 e. The summed E-state index contributed by atoms with van der Waals surface area (Å²) in [4.78, 5) is 4.63. The van der Waals surface area contributed by atoms with E-state index >= 15 is 0 Å². The van der Waals surface area contributed by atoms with Gasteiger partial charge >= 0.3 is 0 Å². The summed E-state index contributed by atoms with van der Waals surface area (Å²) in [7, 11) is 3.69. The molecule has 24 heavy (non-hydrogen) atoms. The van der Waals surface area contributed by atoms with Crippen molar-refractivity contribution < 1.29 is 17.9 Å². The summed E-state index contributed by atoms with van der Waals surface area (Å²) in [6.45, 7) is 3.36. The Morgan fingerprint density at radius 1 is 1.17 bits per heavy atom. The van der Waals surface area contributed by atoms with Gasteiger partial charge in [-0.25, -0.2) is 8.42 Å². The normalized spacial score (nSPS) is 19.5. The molecule has 1 unspecified atom stereocenters. The van der Waals surface area contributed by atoms with Crippen LogP contribution < -0.4 is 9.47 Å². The first-order valence-corrected chi connectivity index (χ1v) is 9.75. The molecule has 1 aliphatic rings. The number of rotatable bonds is 7. The standard InChI is InChI=1S/C17H28N2O4S/c1-18(2)8-9-19-7-5-6-16(13-19)24(20,21)17-11-14(22-3)10-15(12-17)23-4/h10-12,16H,5-9,13H2,1-4H3. The van der Waals surface area contributed by atoms with Gasteiger partial charge < -0.3 is 19.3 Å². The fourth-order valence-electron chi connectivity index (χ4n) is 2.95. The predicted molar refractivity (Wildman–Crippen MR) is 94.7 cm³/mol. The Labute approximate surface area is 145 Å². The number of benzene rings is 1. The summed E-state index contributed by atoms with van der Waals surface area (Å²) >= 11 is 0. The van der Waals surface area contributed by atoms with Gasteiger partial charge in [0.25, 0.3) is 0 Å². The Bertz CT molecular complexity index is 624. The molecule has 1 aliphatic heterocycles. The molecule has 1 aromatic rings. The quantitative estimate of drug-likeness (QED) is 0.738. The van der Waals surface area contributed by atoms with E-state index < -0.39 is 9.84 Å². The van der Waals surface area contributed by atoms with Crippen LogP contribution in [0.5, 0.6) is 11.5 Å². The van der Waals surface area contributed by atoms with Crippen LogP contribution in [0.25, 0.3) is 0 Å². The first kappa shape index (κ1) is 19.0. The first-order valence-electron chi connectivity index (χ1n) is 8.21. The number of hydrogen-bond acceptors (Lipinski definition) is 6. The molecule has 0 aromatic heterocycles. The average Bonchev–Trinajstić information content (AvgIpc) is 2.59. The molecule has 0 saturated carbocycles. The SMILES string of the molecule is COc1cc(OC)cc(S(=O)(=O)C2CCCN(CCN(C)C)C2)c1. The smallest absolute Gasteiger partial charge is 0.182 e. The summed E-state index contributed by atoms with van der Waals surface area (Å²) in [5.41, 5.74) is 0. The van der Waals surface area contributed by atoms with E-state index in [1.165, 1.54) is 14.2 Å². The van der Waals surface area contributed by atoms with Crippen molar-refractivity contribution in [1.82, 2.24) is 9.80 Å². The van der Waals surface area contributed by atoms with Gasteiger partial charge in [0.2, 0.25) is 0 Å². The second kappa shape index (κ2) is 8.18. The number of piperidine rings is 1. The van der Waals surface area contributed by atoms with Crippen molar-refractivity contribution in [2.75, 3.05) is 54.5 Å². The summed E-state index contributed by atoms with van der Waals surface area (Å²) in [6, 6.07) is 4.84. The van der Waals surface area contributed by atoms with Crippen LogP contribution in [0.4, 0.5) is 0 Å². The summed E-state index contributed by atoms with van der Waals surface area (Å²) in [6.07, 6.45) is 1.60. The summed E-state index contributed by atoms with van der Waals surface area (Å²) in [5.74, 6) is 0.987. The van der Waals surface area contributed by atoms with Crippen LogP contribution in [0.15, 0.2) is 23.1 Å². The highest BCUT2D eigenvalue weighted by molar-refractivity contribution is 7.92. The molecule has 0 N–H and O–H groups in total. The van der Waals surface area contributed by atoms with Gasteiger partial charge in [-0.2, -0.15) is 0 Å². The molecule has 7 heteroatoms. The van der Waals surface area contributed by atoms with Gasteiger partial charge in [-0.3, -0.25) is 0 Å². The molecule has 2 rings (SSSR count). The third-order valence-electron chi connectivity index (χ3n) is 4.42. The van der Waals surface area contributed by atoms with Crippen LogP contribution in [0.1, 0.15) is 12.8 Å². The second-order valence-electron chi connectivity index (χ2n) is 6.46. The maximum atomic E-state index is 13.1. The third kappa shape index (κ3) is 4.62. The van der Waals surface area contributed by atoms with Crippen molar-refractivity contribution in [1.29, 1.82) is 0 Å². The molecule has 1 aromatic carbocycles. The number of ether oxygens (including phenoxy) is 2. The maximum absolute atomic E-state index is 13.1. The Balaban J connectivity index is 2.20. The van der Waals surface area contributed by atoms with E-state index in [1.54, 1.807) is 18.2 Å². The van der Waals surface area contributed by atoms with E-state index in [9.17, 15) is 8.42 Å². The molecular formula is C17H28N2O4S. The van der Waals surface area contributed by atoms with E-state index in [2.05, 4.69) is 9.80 Å². The zero-order valence-corrected chi connectivity index (χ0v) is 15.8. The molecule has 1 atom stereocenters. The third-order valence-corrected chi connectivity index (χ3v) is 6.57. The molecule has 1 saturated heterocycles. The van der Waals surface area contributed by atoms with E-state index in [4.69, 9.17) is 9.47 Å². The molecule has 136 valence electrons. The van der Waals surface area contributed by atoms with Crippen molar-refractivity contribution in [3.63, 3.8) is 0 Å².